The van der Waals surface area contributed by atoms with Crippen LogP contribution in [0.1, 0.15) is 32.1 Å². The molecule has 1 aromatic heterocycles. The third-order valence-electron chi connectivity index (χ3n) is 4.95. The molecule has 28 heavy (non-hydrogen) atoms. The van der Waals surface area contributed by atoms with Gasteiger partial charge in [0.05, 0.1) is 10.5 Å². The van der Waals surface area contributed by atoms with Crippen LogP contribution in [0.15, 0.2) is 68.9 Å². The van der Waals surface area contributed by atoms with Gasteiger partial charge < -0.3 is 9.73 Å². The van der Waals surface area contributed by atoms with Crippen molar-refractivity contribution in [2.24, 2.45) is 0 Å². The maximum atomic E-state index is 14.2. The third kappa shape index (κ3) is 3.67. The van der Waals surface area contributed by atoms with Gasteiger partial charge in [0.2, 0.25) is 26.6 Å². The van der Waals surface area contributed by atoms with Gasteiger partial charge in [-0.05, 0) is 37.1 Å². The molecular weight excluding hydrogens is 379 g/mol. The van der Waals surface area contributed by atoms with Crippen molar-refractivity contribution in [1.82, 2.24) is 4.98 Å². The Hall–Kier alpha value is -2.67. The van der Waals surface area contributed by atoms with E-state index in [-0.39, 0.29) is 33.3 Å². The van der Waals surface area contributed by atoms with Crippen molar-refractivity contribution in [3.8, 4) is 11.5 Å². The summed E-state index contributed by atoms with van der Waals surface area (Å²) < 4.78 is 46.3. The molecule has 1 saturated carbocycles. The molecule has 0 unspecified atom stereocenters. The van der Waals surface area contributed by atoms with Gasteiger partial charge in [0.25, 0.3) is 0 Å². The van der Waals surface area contributed by atoms with Gasteiger partial charge in [0.1, 0.15) is 5.82 Å². The summed E-state index contributed by atoms with van der Waals surface area (Å²) in [5.41, 5.74) is 0.128. The van der Waals surface area contributed by atoms with E-state index in [4.69, 9.17) is 4.42 Å². The Morgan fingerprint density at radius 3 is 2.36 bits per heavy atom. The van der Waals surface area contributed by atoms with Crippen molar-refractivity contribution in [2.75, 3.05) is 5.32 Å². The number of aromatic nitrogens is 1. The molecule has 0 amide bonds. The van der Waals surface area contributed by atoms with Crippen molar-refractivity contribution >= 4 is 15.7 Å². The van der Waals surface area contributed by atoms with Crippen LogP contribution >= 0.6 is 0 Å². The van der Waals surface area contributed by atoms with E-state index in [0.29, 0.717) is 0 Å². The fraction of sp³-hybridized carbons (Fsp3) is 0.286. The summed E-state index contributed by atoms with van der Waals surface area (Å²) in [7, 11) is -3.91. The SMILES string of the molecule is O=S(=O)(c1ccccc1)c1nc(-c2ccccc2F)oc1NC1CCCCC1. The summed E-state index contributed by atoms with van der Waals surface area (Å²) in [6.07, 6.45) is 5.19. The van der Waals surface area contributed by atoms with Crippen LogP contribution in [-0.2, 0) is 9.84 Å². The number of rotatable bonds is 5. The monoisotopic (exact) mass is 400 g/mol. The summed E-state index contributed by atoms with van der Waals surface area (Å²) in [5.74, 6) is -0.489. The van der Waals surface area contributed by atoms with E-state index >= 15 is 0 Å². The van der Waals surface area contributed by atoms with E-state index in [1.165, 1.54) is 30.7 Å². The lowest BCUT2D eigenvalue weighted by molar-refractivity contribution is 0.449. The lowest BCUT2D eigenvalue weighted by Crippen LogP contribution is -2.23. The van der Waals surface area contributed by atoms with Gasteiger partial charge in [0, 0.05) is 6.04 Å². The van der Waals surface area contributed by atoms with E-state index in [1.807, 2.05) is 0 Å². The number of hydrogen-bond donors (Lipinski definition) is 1. The molecule has 146 valence electrons. The Bertz CT molecular complexity index is 1060. The first-order valence-corrected chi connectivity index (χ1v) is 10.9. The van der Waals surface area contributed by atoms with Crippen LogP contribution in [0.2, 0.25) is 0 Å². The molecule has 1 heterocycles. The Balaban J connectivity index is 1.80. The summed E-state index contributed by atoms with van der Waals surface area (Å²) >= 11 is 0. The summed E-state index contributed by atoms with van der Waals surface area (Å²) in [6, 6.07) is 14.2. The molecule has 0 bridgehead atoms. The van der Waals surface area contributed by atoms with Crippen LogP contribution in [0.4, 0.5) is 10.3 Å². The van der Waals surface area contributed by atoms with E-state index in [0.717, 1.165) is 25.7 Å². The highest BCUT2D eigenvalue weighted by Gasteiger charge is 2.30. The lowest BCUT2D eigenvalue weighted by Gasteiger charge is -2.22. The van der Waals surface area contributed by atoms with Crippen molar-refractivity contribution in [3.05, 3.63) is 60.4 Å². The molecule has 7 heteroatoms. The zero-order chi connectivity index (χ0) is 19.6. The van der Waals surface area contributed by atoms with Crippen molar-refractivity contribution in [1.29, 1.82) is 0 Å². The first-order chi connectivity index (χ1) is 13.6. The van der Waals surface area contributed by atoms with Crippen LogP contribution in [0, 0.1) is 5.82 Å². The predicted molar refractivity (Wildman–Crippen MR) is 104 cm³/mol. The Labute approximate surface area is 163 Å². The zero-order valence-electron chi connectivity index (χ0n) is 15.3. The van der Waals surface area contributed by atoms with Crippen LogP contribution in [0.5, 0.6) is 0 Å². The number of nitrogens with zero attached hydrogens (tertiary/aromatic N) is 1. The van der Waals surface area contributed by atoms with Crippen molar-refractivity contribution < 1.29 is 17.2 Å². The number of nitrogens with one attached hydrogen (secondary N) is 1. The highest BCUT2D eigenvalue weighted by Crippen LogP contribution is 2.34. The second-order valence-corrected chi connectivity index (χ2v) is 8.79. The van der Waals surface area contributed by atoms with Crippen LogP contribution in [-0.4, -0.2) is 19.4 Å². The van der Waals surface area contributed by atoms with Gasteiger partial charge in [-0.1, -0.05) is 49.6 Å². The van der Waals surface area contributed by atoms with Crippen LogP contribution < -0.4 is 5.32 Å². The average Bonchev–Trinajstić information content (AvgIpc) is 3.14. The quantitative estimate of drug-likeness (QED) is 0.648. The largest absolute Gasteiger partial charge is 0.419 e. The highest BCUT2D eigenvalue weighted by molar-refractivity contribution is 7.91. The molecular formula is C21H21FN2O3S. The van der Waals surface area contributed by atoms with Crippen molar-refractivity contribution in [3.63, 3.8) is 0 Å². The molecule has 0 spiro atoms. The number of sulfone groups is 1. The number of anilines is 1. The number of hydrogen-bond acceptors (Lipinski definition) is 5. The molecule has 1 fully saturated rings. The van der Waals surface area contributed by atoms with Gasteiger partial charge >= 0.3 is 0 Å². The number of halogens is 1. The molecule has 1 aliphatic carbocycles. The highest BCUT2D eigenvalue weighted by atomic mass is 32.2. The van der Waals surface area contributed by atoms with Gasteiger partial charge in [-0.25, -0.2) is 12.8 Å². The molecule has 0 atom stereocenters. The van der Waals surface area contributed by atoms with Crippen LogP contribution in [0.3, 0.4) is 0 Å². The van der Waals surface area contributed by atoms with E-state index in [2.05, 4.69) is 10.3 Å². The number of oxazole rings is 1. The summed E-state index contributed by atoms with van der Waals surface area (Å²) in [5, 5.41) is 3.00. The molecule has 1 N–H and O–H groups in total. The minimum Gasteiger partial charge on any atom is -0.419 e. The minimum atomic E-state index is -3.91. The maximum Gasteiger partial charge on any atom is 0.234 e. The molecule has 2 aromatic carbocycles. The summed E-state index contributed by atoms with van der Waals surface area (Å²) in [6.45, 7) is 0. The predicted octanol–water partition coefficient (Wildman–Crippen LogP) is 5.06. The number of benzene rings is 2. The first-order valence-electron chi connectivity index (χ1n) is 9.38. The van der Waals surface area contributed by atoms with E-state index in [1.54, 1.807) is 30.3 Å². The van der Waals surface area contributed by atoms with Gasteiger partial charge in [-0.15, -0.1) is 0 Å². The third-order valence-corrected chi connectivity index (χ3v) is 6.63. The van der Waals surface area contributed by atoms with Crippen LogP contribution in [0.25, 0.3) is 11.5 Å². The Morgan fingerprint density at radius 1 is 0.964 bits per heavy atom. The topological polar surface area (TPSA) is 72.2 Å². The molecule has 0 saturated heterocycles. The maximum absolute atomic E-state index is 14.2. The fourth-order valence-corrected chi connectivity index (χ4v) is 4.76. The zero-order valence-corrected chi connectivity index (χ0v) is 16.1. The Morgan fingerprint density at radius 2 is 1.64 bits per heavy atom. The second-order valence-electron chi connectivity index (χ2n) is 6.93. The summed E-state index contributed by atoms with van der Waals surface area (Å²) in [4.78, 5) is 4.32. The standard InChI is InChI=1S/C21H21FN2O3S/c22-18-14-8-7-13-17(18)19-24-21(28(25,26)16-11-5-2-6-12-16)20(27-19)23-15-9-3-1-4-10-15/h2,5-8,11-15,23H,1,3-4,9-10H2. The molecule has 3 aromatic rings. The van der Waals surface area contributed by atoms with Gasteiger partial charge in [0.15, 0.2) is 0 Å². The molecule has 5 nitrogen and oxygen atoms in total. The molecule has 4 rings (SSSR count). The van der Waals surface area contributed by atoms with E-state index in [9.17, 15) is 12.8 Å². The van der Waals surface area contributed by atoms with Gasteiger partial charge in [-0.2, -0.15) is 4.98 Å². The van der Waals surface area contributed by atoms with Crippen molar-refractivity contribution in [2.45, 2.75) is 48.1 Å². The lowest BCUT2D eigenvalue weighted by atomic mass is 9.96. The minimum absolute atomic E-state index is 0.0501. The van der Waals surface area contributed by atoms with E-state index < -0.39 is 15.7 Å². The smallest absolute Gasteiger partial charge is 0.234 e. The fourth-order valence-electron chi connectivity index (χ4n) is 3.47. The average molecular weight is 400 g/mol. The molecule has 0 aliphatic heterocycles. The second kappa shape index (κ2) is 7.75. The normalized spacial score (nSPS) is 15.5. The Kier molecular flexibility index (Phi) is 5.17. The van der Waals surface area contributed by atoms with Gasteiger partial charge in [-0.3, -0.25) is 0 Å². The first kappa shape index (κ1) is 18.7. The molecule has 1 aliphatic rings. The molecule has 0 radical (unpaired) electrons.